The van der Waals surface area contributed by atoms with Crippen LogP contribution in [-0.2, 0) is 16.0 Å². The van der Waals surface area contributed by atoms with Crippen LogP contribution in [0.1, 0.15) is 57.8 Å². The highest BCUT2D eigenvalue weighted by Gasteiger charge is 2.62. The number of esters is 1. The molecule has 0 unspecified atom stereocenters. The summed E-state index contributed by atoms with van der Waals surface area (Å²) < 4.78 is 11.2. The fourth-order valence-corrected chi connectivity index (χ4v) is 4.73. The number of ether oxygens (including phenoxy) is 1. The summed E-state index contributed by atoms with van der Waals surface area (Å²) in [5.74, 6) is 1.91. The van der Waals surface area contributed by atoms with E-state index in [0.29, 0.717) is 18.4 Å². The van der Waals surface area contributed by atoms with E-state index in [1.54, 1.807) is 6.26 Å². The molecule has 0 N–H and O–H groups in total. The van der Waals surface area contributed by atoms with Crippen molar-refractivity contribution in [3.8, 4) is 0 Å². The van der Waals surface area contributed by atoms with Gasteiger partial charge in [-0.1, -0.05) is 20.8 Å². The van der Waals surface area contributed by atoms with Crippen LogP contribution in [0.15, 0.2) is 16.7 Å². The van der Waals surface area contributed by atoms with E-state index in [4.69, 9.17) is 9.15 Å². The van der Waals surface area contributed by atoms with Gasteiger partial charge in [0.05, 0.1) is 12.9 Å². The molecule has 3 rings (SSSR count). The minimum atomic E-state index is -0.182. The van der Waals surface area contributed by atoms with Crippen molar-refractivity contribution in [2.75, 3.05) is 6.61 Å². The number of carbonyl (C=O) groups excluding carboxylic acids is 1. The zero-order chi connectivity index (χ0) is 14.5. The first-order chi connectivity index (χ1) is 9.41. The molecule has 1 heterocycles. The van der Waals surface area contributed by atoms with Crippen molar-refractivity contribution in [1.82, 2.24) is 0 Å². The molecule has 0 saturated heterocycles. The summed E-state index contributed by atoms with van der Waals surface area (Å²) >= 11 is 0. The average molecular weight is 276 g/mol. The Labute approximate surface area is 120 Å². The number of rotatable bonds is 2. The van der Waals surface area contributed by atoms with Gasteiger partial charge in [0.1, 0.15) is 5.76 Å². The van der Waals surface area contributed by atoms with E-state index in [2.05, 4.69) is 26.8 Å². The van der Waals surface area contributed by atoms with Crippen LogP contribution >= 0.6 is 0 Å². The average Bonchev–Trinajstić information content (AvgIpc) is 2.95. The summed E-state index contributed by atoms with van der Waals surface area (Å²) in [6, 6.07) is 2.12. The van der Waals surface area contributed by atoms with Gasteiger partial charge in [-0.05, 0) is 41.7 Å². The molecule has 0 aliphatic heterocycles. The lowest BCUT2D eigenvalue weighted by Crippen LogP contribution is -2.50. The Balaban J connectivity index is 2.05. The zero-order valence-corrected chi connectivity index (χ0v) is 12.9. The molecule has 0 aromatic carbocycles. The van der Waals surface area contributed by atoms with Gasteiger partial charge in [-0.3, -0.25) is 4.79 Å². The Hall–Kier alpha value is -1.25. The van der Waals surface area contributed by atoms with Crippen molar-refractivity contribution in [3.05, 3.63) is 23.7 Å². The lowest BCUT2D eigenvalue weighted by Gasteiger charge is -2.52. The van der Waals surface area contributed by atoms with Crippen molar-refractivity contribution >= 4 is 5.97 Å². The van der Waals surface area contributed by atoms with Crippen LogP contribution in [0.5, 0.6) is 0 Å². The Morgan fingerprint density at radius 1 is 1.50 bits per heavy atom. The van der Waals surface area contributed by atoms with Crippen LogP contribution < -0.4 is 0 Å². The van der Waals surface area contributed by atoms with Gasteiger partial charge in [-0.15, -0.1) is 0 Å². The van der Waals surface area contributed by atoms with Crippen molar-refractivity contribution in [2.45, 2.75) is 52.9 Å². The highest BCUT2D eigenvalue weighted by Crippen LogP contribution is 2.66. The molecule has 0 radical (unpaired) electrons. The predicted octanol–water partition coefficient (Wildman–Crippen LogP) is 3.92. The van der Waals surface area contributed by atoms with Gasteiger partial charge in [0.2, 0.25) is 0 Å². The Kier molecular flexibility index (Phi) is 3.00. The fraction of sp³-hybridized carbons (Fsp3) is 0.706. The normalized spacial score (nSPS) is 39.2. The third kappa shape index (κ3) is 1.61. The maximum absolute atomic E-state index is 11.3. The summed E-state index contributed by atoms with van der Waals surface area (Å²) in [5.41, 5.74) is 1.54. The van der Waals surface area contributed by atoms with Gasteiger partial charge >= 0.3 is 5.97 Å². The van der Waals surface area contributed by atoms with E-state index in [1.807, 2.05) is 0 Å². The SMILES string of the molecule is CC(=O)OC[C@@]12Cc3occc3[C@@H](C)[C@]1(C)CC[C@H]2C. The number of hydrogen-bond acceptors (Lipinski definition) is 3. The topological polar surface area (TPSA) is 39.4 Å². The molecule has 2 aliphatic rings. The molecule has 0 bridgehead atoms. The van der Waals surface area contributed by atoms with Crippen LogP contribution in [-0.4, -0.2) is 12.6 Å². The summed E-state index contributed by atoms with van der Waals surface area (Å²) in [5, 5.41) is 0. The number of furan rings is 1. The molecule has 2 aliphatic carbocycles. The minimum absolute atomic E-state index is 0.0168. The first kappa shape index (κ1) is 13.7. The molecular formula is C17H24O3. The van der Waals surface area contributed by atoms with Crippen molar-refractivity contribution in [2.24, 2.45) is 16.7 Å². The third-order valence-electron chi connectivity index (χ3n) is 6.39. The number of fused-ring (bicyclic) bond motifs is 2. The molecule has 1 fully saturated rings. The number of carbonyl (C=O) groups is 1. The van der Waals surface area contributed by atoms with E-state index in [0.717, 1.165) is 12.2 Å². The molecule has 3 heteroatoms. The predicted molar refractivity (Wildman–Crippen MR) is 76.4 cm³/mol. The quantitative estimate of drug-likeness (QED) is 0.768. The highest BCUT2D eigenvalue weighted by molar-refractivity contribution is 5.66. The van der Waals surface area contributed by atoms with Gasteiger partial charge in [-0.2, -0.15) is 0 Å². The lowest BCUT2D eigenvalue weighted by atomic mass is 9.52. The summed E-state index contributed by atoms with van der Waals surface area (Å²) in [4.78, 5) is 11.3. The number of hydrogen-bond donors (Lipinski definition) is 0. The van der Waals surface area contributed by atoms with Crippen LogP contribution in [0.3, 0.4) is 0 Å². The van der Waals surface area contributed by atoms with E-state index in [9.17, 15) is 4.79 Å². The largest absolute Gasteiger partial charge is 0.469 e. The second-order valence-corrected chi connectivity index (χ2v) is 6.99. The molecular weight excluding hydrogens is 252 g/mol. The van der Waals surface area contributed by atoms with Crippen molar-refractivity contribution in [3.63, 3.8) is 0 Å². The van der Waals surface area contributed by atoms with Crippen LogP contribution in [0, 0.1) is 16.7 Å². The fourth-order valence-electron chi connectivity index (χ4n) is 4.73. The first-order valence-corrected chi connectivity index (χ1v) is 7.60. The highest BCUT2D eigenvalue weighted by atomic mass is 16.5. The minimum Gasteiger partial charge on any atom is -0.469 e. The molecule has 1 aromatic rings. The maximum Gasteiger partial charge on any atom is 0.302 e. The molecule has 110 valence electrons. The molecule has 0 spiro atoms. The summed E-state index contributed by atoms with van der Waals surface area (Å²) in [7, 11) is 0. The Morgan fingerprint density at radius 2 is 2.25 bits per heavy atom. The second-order valence-electron chi connectivity index (χ2n) is 6.99. The molecule has 0 amide bonds. The van der Waals surface area contributed by atoms with Gasteiger partial charge in [0.15, 0.2) is 0 Å². The van der Waals surface area contributed by atoms with E-state index < -0.39 is 0 Å². The summed E-state index contributed by atoms with van der Waals surface area (Å²) in [6.45, 7) is 8.99. The van der Waals surface area contributed by atoms with E-state index in [1.165, 1.54) is 25.3 Å². The second kappa shape index (κ2) is 4.37. The Bertz CT molecular complexity index is 532. The van der Waals surface area contributed by atoms with Gasteiger partial charge < -0.3 is 9.15 Å². The van der Waals surface area contributed by atoms with Crippen LogP contribution in [0.2, 0.25) is 0 Å². The smallest absolute Gasteiger partial charge is 0.302 e. The van der Waals surface area contributed by atoms with Crippen molar-refractivity contribution in [1.29, 1.82) is 0 Å². The van der Waals surface area contributed by atoms with E-state index in [-0.39, 0.29) is 16.8 Å². The third-order valence-corrected chi connectivity index (χ3v) is 6.39. The van der Waals surface area contributed by atoms with Gasteiger partial charge in [-0.25, -0.2) is 0 Å². The van der Waals surface area contributed by atoms with E-state index >= 15 is 0 Å². The van der Waals surface area contributed by atoms with Crippen LogP contribution in [0.4, 0.5) is 0 Å². The molecule has 1 saturated carbocycles. The Morgan fingerprint density at radius 3 is 2.95 bits per heavy atom. The summed E-state index contributed by atoms with van der Waals surface area (Å²) in [6.07, 6.45) is 5.09. The van der Waals surface area contributed by atoms with Gasteiger partial charge in [0.25, 0.3) is 0 Å². The molecule has 20 heavy (non-hydrogen) atoms. The zero-order valence-electron chi connectivity index (χ0n) is 12.9. The first-order valence-electron chi connectivity index (χ1n) is 7.60. The van der Waals surface area contributed by atoms with Crippen molar-refractivity contribution < 1.29 is 13.9 Å². The molecule has 3 nitrogen and oxygen atoms in total. The lowest BCUT2D eigenvalue weighted by molar-refractivity contribution is -0.150. The van der Waals surface area contributed by atoms with Gasteiger partial charge in [0, 0.05) is 18.8 Å². The molecule has 4 atom stereocenters. The maximum atomic E-state index is 11.3. The van der Waals surface area contributed by atoms with Crippen LogP contribution in [0.25, 0.3) is 0 Å². The standard InChI is InChI=1S/C17H24O3/c1-11-5-7-16(4)12(2)14-6-8-19-15(14)9-17(11,16)10-20-13(3)18/h6,8,11-12H,5,7,9-10H2,1-4H3/t11-,12-,16+,17-/m1/s1. The monoisotopic (exact) mass is 276 g/mol. The molecule has 1 aromatic heterocycles.